The van der Waals surface area contributed by atoms with Crippen molar-refractivity contribution < 1.29 is 18.1 Å². The van der Waals surface area contributed by atoms with Crippen LogP contribution in [-0.2, 0) is 6.18 Å². The van der Waals surface area contributed by atoms with E-state index in [1.54, 1.807) is 4.90 Å². The average Bonchev–Trinajstić information content (AvgIpc) is 2.67. The number of nitro benzene ring substituents is 1. The van der Waals surface area contributed by atoms with Crippen LogP contribution in [0, 0.1) is 10.1 Å². The smallest absolute Gasteiger partial charge is 0.363 e. The molecule has 0 aromatic heterocycles. The Kier molecular flexibility index (Phi) is 5.36. The monoisotopic (exact) mass is 379 g/mol. The number of rotatable bonds is 4. The van der Waals surface area contributed by atoms with Gasteiger partial charge < -0.3 is 4.90 Å². The van der Waals surface area contributed by atoms with E-state index in [0.29, 0.717) is 32.2 Å². The Balaban J connectivity index is 1.75. The van der Waals surface area contributed by atoms with Gasteiger partial charge in [0, 0.05) is 38.3 Å². The molecular weight excluding hydrogens is 359 g/mol. The molecule has 0 bridgehead atoms. The zero-order valence-corrected chi connectivity index (χ0v) is 14.8. The van der Waals surface area contributed by atoms with Crippen molar-refractivity contribution in [3.05, 3.63) is 69.8 Å². The number of nitrogens with zero attached hydrogens (tertiary/aromatic N) is 3. The predicted molar refractivity (Wildman–Crippen MR) is 96.7 cm³/mol. The Morgan fingerprint density at radius 3 is 2.22 bits per heavy atom. The van der Waals surface area contributed by atoms with Gasteiger partial charge in [-0.15, -0.1) is 0 Å². The van der Waals surface area contributed by atoms with E-state index in [1.165, 1.54) is 11.6 Å². The van der Waals surface area contributed by atoms with Crippen LogP contribution in [-0.4, -0.2) is 36.0 Å². The Bertz CT molecular complexity index is 804. The number of hydrogen-bond donors (Lipinski definition) is 0. The lowest BCUT2D eigenvalue weighted by atomic mass is 10.1. The molecule has 0 radical (unpaired) electrons. The van der Waals surface area contributed by atoms with E-state index < -0.39 is 22.4 Å². The highest BCUT2D eigenvalue weighted by Crippen LogP contribution is 2.37. The van der Waals surface area contributed by atoms with E-state index >= 15 is 0 Å². The van der Waals surface area contributed by atoms with Crippen molar-refractivity contribution in [2.45, 2.75) is 19.1 Å². The fraction of sp³-hybridized carbons (Fsp3) is 0.368. The topological polar surface area (TPSA) is 49.6 Å². The van der Waals surface area contributed by atoms with Gasteiger partial charge in [0.15, 0.2) is 0 Å². The second-order valence-corrected chi connectivity index (χ2v) is 6.57. The first-order chi connectivity index (χ1) is 12.8. The average molecular weight is 379 g/mol. The molecule has 2 aromatic carbocycles. The summed E-state index contributed by atoms with van der Waals surface area (Å²) in [5, 5.41) is 11.3. The van der Waals surface area contributed by atoms with Crippen molar-refractivity contribution in [3.63, 3.8) is 0 Å². The van der Waals surface area contributed by atoms with E-state index in [-0.39, 0.29) is 11.7 Å². The van der Waals surface area contributed by atoms with Crippen LogP contribution in [0.2, 0.25) is 0 Å². The largest absolute Gasteiger partial charge is 0.416 e. The normalized spacial score (nSPS) is 17.0. The number of halogens is 3. The minimum Gasteiger partial charge on any atom is -0.363 e. The second kappa shape index (κ2) is 7.56. The summed E-state index contributed by atoms with van der Waals surface area (Å²) < 4.78 is 38.6. The van der Waals surface area contributed by atoms with E-state index in [9.17, 15) is 23.3 Å². The summed E-state index contributed by atoms with van der Waals surface area (Å²) in [5.41, 5.74) is -0.0878. The van der Waals surface area contributed by atoms with Crippen LogP contribution in [0.4, 0.5) is 24.5 Å². The molecule has 0 unspecified atom stereocenters. The van der Waals surface area contributed by atoms with E-state index in [4.69, 9.17) is 0 Å². The number of hydrogen-bond acceptors (Lipinski definition) is 4. The zero-order valence-electron chi connectivity index (χ0n) is 14.8. The molecule has 0 spiro atoms. The molecule has 2 aromatic rings. The summed E-state index contributed by atoms with van der Waals surface area (Å²) in [6.07, 6.45) is -4.60. The molecule has 3 rings (SSSR count). The van der Waals surface area contributed by atoms with Crippen LogP contribution in [0.15, 0.2) is 48.5 Å². The summed E-state index contributed by atoms with van der Waals surface area (Å²) in [5.74, 6) is 0. The molecule has 1 saturated heterocycles. The number of alkyl halides is 3. The van der Waals surface area contributed by atoms with Crippen molar-refractivity contribution in [3.8, 4) is 0 Å². The van der Waals surface area contributed by atoms with Crippen LogP contribution in [0.25, 0.3) is 0 Å². The molecular formula is C19H20F3N3O2. The maximum atomic E-state index is 12.9. The van der Waals surface area contributed by atoms with Crippen LogP contribution in [0.5, 0.6) is 0 Å². The van der Waals surface area contributed by atoms with Gasteiger partial charge in [0.1, 0.15) is 5.69 Å². The van der Waals surface area contributed by atoms with E-state index in [2.05, 4.69) is 24.0 Å². The molecule has 1 atom stereocenters. The van der Waals surface area contributed by atoms with Gasteiger partial charge in [-0.1, -0.05) is 30.3 Å². The maximum Gasteiger partial charge on any atom is 0.416 e. The lowest BCUT2D eigenvalue weighted by Crippen LogP contribution is -2.47. The quantitative estimate of drug-likeness (QED) is 0.580. The third-order valence-corrected chi connectivity index (χ3v) is 4.98. The van der Waals surface area contributed by atoms with Crippen molar-refractivity contribution in [1.29, 1.82) is 0 Å². The van der Waals surface area contributed by atoms with Crippen LogP contribution in [0.1, 0.15) is 24.1 Å². The van der Waals surface area contributed by atoms with Crippen molar-refractivity contribution >= 4 is 11.4 Å². The minimum atomic E-state index is -4.60. The first kappa shape index (κ1) is 19.2. The van der Waals surface area contributed by atoms with Crippen LogP contribution >= 0.6 is 0 Å². The number of benzene rings is 2. The Morgan fingerprint density at radius 2 is 1.67 bits per heavy atom. The summed E-state index contributed by atoms with van der Waals surface area (Å²) in [6, 6.07) is 13.0. The standard InChI is InChI=1S/C19H20F3N3O2/c1-14(15-5-3-2-4-6-15)23-9-11-24(12-10-23)17-8-7-16(19(20,21)22)13-18(17)25(26)27/h2-8,13-14H,9-12H2,1H3/t14-/m0/s1. The van der Waals surface area contributed by atoms with Gasteiger partial charge in [-0.2, -0.15) is 13.2 Å². The first-order valence-electron chi connectivity index (χ1n) is 8.67. The highest BCUT2D eigenvalue weighted by atomic mass is 19.4. The highest BCUT2D eigenvalue weighted by molar-refractivity contribution is 5.65. The number of piperazine rings is 1. The Morgan fingerprint density at radius 1 is 1.04 bits per heavy atom. The molecule has 1 fully saturated rings. The third-order valence-electron chi connectivity index (χ3n) is 4.98. The molecule has 0 N–H and O–H groups in total. The van der Waals surface area contributed by atoms with Gasteiger partial charge in [-0.25, -0.2) is 0 Å². The highest BCUT2D eigenvalue weighted by Gasteiger charge is 2.34. The van der Waals surface area contributed by atoms with Crippen molar-refractivity contribution in [1.82, 2.24) is 4.90 Å². The first-order valence-corrected chi connectivity index (χ1v) is 8.67. The third kappa shape index (κ3) is 4.21. The lowest BCUT2D eigenvalue weighted by Gasteiger charge is -2.39. The SMILES string of the molecule is C[C@@H](c1ccccc1)N1CCN(c2ccc(C(F)(F)F)cc2[N+](=O)[O-])CC1. The molecule has 8 heteroatoms. The molecule has 5 nitrogen and oxygen atoms in total. The maximum absolute atomic E-state index is 12.9. The van der Waals surface area contributed by atoms with Gasteiger partial charge in [0.2, 0.25) is 0 Å². The Hall–Kier alpha value is -2.61. The van der Waals surface area contributed by atoms with Gasteiger partial charge in [0.25, 0.3) is 5.69 Å². The van der Waals surface area contributed by atoms with Gasteiger partial charge >= 0.3 is 6.18 Å². The van der Waals surface area contributed by atoms with Crippen molar-refractivity contribution in [2.75, 3.05) is 31.1 Å². The summed E-state index contributed by atoms with van der Waals surface area (Å²) >= 11 is 0. The molecule has 1 aliphatic heterocycles. The van der Waals surface area contributed by atoms with Crippen LogP contribution in [0.3, 0.4) is 0 Å². The van der Waals surface area contributed by atoms with E-state index in [0.717, 1.165) is 6.07 Å². The van der Waals surface area contributed by atoms with Crippen LogP contribution < -0.4 is 4.90 Å². The Labute approximate surface area is 155 Å². The molecule has 0 amide bonds. The molecule has 1 heterocycles. The fourth-order valence-electron chi connectivity index (χ4n) is 3.41. The second-order valence-electron chi connectivity index (χ2n) is 6.57. The number of nitro groups is 1. The molecule has 27 heavy (non-hydrogen) atoms. The van der Waals surface area contributed by atoms with E-state index in [1.807, 2.05) is 18.2 Å². The van der Waals surface area contributed by atoms with Gasteiger partial charge in [-0.05, 0) is 24.6 Å². The lowest BCUT2D eigenvalue weighted by molar-refractivity contribution is -0.384. The predicted octanol–water partition coefficient (Wildman–Crippen LogP) is 4.50. The molecule has 1 aliphatic rings. The van der Waals surface area contributed by atoms with Gasteiger partial charge in [-0.3, -0.25) is 15.0 Å². The molecule has 144 valence electrons. The minimum absolute atomic E-state index is 0.205. The summed E-state index contributed by atoms with van der Waals surface area (Å²) in [7, 11) is 0. The number of anilines is 1. The van der Waals surface area contributed by atoms with Crippen molar-refractivity contribution in [2.24, 2.45) is 0 Å². The zero-order chi connectivity index (χ0) is 19.6. The molecule has 0 aliphatic carbocycles. The summed E-state index contributed by atoms with van der Waals surface area (Å²) in [4.78, 5) is 14.6. The summed E-state index contributed by atoms with van der Waals surface area (Å²) in [6.45, 7) is 4.49. The van der Waals surface area contributed by atoms with Gasteiger partial charge in [0.05, 0.1) is 10.5 Å². The molecule has 0 saturated carbocycles. The fourth-order valence-corrected chi connectivity index (χ4v) is 3.41.